The van der Waals surface area contributed by atoms with Gasteiger partial charge in [0, 0.05) is 19.6 Å². The van der Waals surface area contributed by atoms with Crippen molar-refractivity contribution in [2.24, 2.45) is 5.73 Å². The molecular weight excluding hydrogens is 240 g/mol. The van der Waals surface area contributed by atoms with Crippen molar-refractivity contribution < 1.29 is 9.47 Å². The highest BCUT2D eigenvalue weighted by atomic mass is 16.5. The molecule has 4 nitrogen and oxygen atoms in total. The van der Waals surface area contributed by atoms with Crippen molar-refractivity contribution in [3.05, 3.63) is 29.3 Å². The van der Waals surface area contributed by atoms with Gasteiger partial charge >= 0.3 is 0 Å². The third-order valence-corrected chi connectivity index (χ3v) is 3.40. The number of ether oxygens (including phenoxy) is 2. The fourth-order valence-electron chi connectivity index (χ4n) is 2.31. The van der Waals surface area contributed by atoms with Crippen LogP contribution in [0.1, 0.15) is 11.1 Å². The van der Waals surface area contributed by atoms with Gasteiger partial charge in [0.1, 0.15) is 12.4 Å². The Bertz CT molecular complexity index is 390. The lowest BCUT2D eigenvalue weighted by atomic mass is 10.1. The summed E-state index contributed by atoms with van der Waals surface area (Å²) < 4.78 is 11.2. The number of hydrogen-bond acceptors (Lipinski definition) is 4. The Labute approximate surface area is 115 Å². The molecule has 0 aromatic heterocycles. The number of nitrogens with zero attached hydrogens (tertiary/aromatic N) is 1. The van der Waals surface area contributed by atoms with E-state index >= 15 is 0 Å². The van der Waals surface area contributed by atoms with Gasteiger partial charge in [-0.15, -0.1) is 0 Å². The maximum atomic E-state index is 5.91. The molecule has 0 aliphatic carbocycles. The van der Waals surface area contributed by atoms with Crippen LogP contribution < -0.4 is 10.5 Å². The van der Waals surface area contributed by atoms with Crippen LogP contribution in [0.4, 0.5) is 0 Å². The van der Waals surface area contributed by atoms with E-state index < -0.39 is 0 Å². The van der Waals surface area contributed by atoms with Gasteiger partial charge in [-0.25, -0.2) is 0 Å². The third kappa shape index (κ3) is 4.49. The summed E-state index contributed by atoms with van der Waals surface area (Å²) in [5, 5.41) is 0. The second kappa shape index (κ2) is 7.48. The van der Waals surface area contributed by atoms with Crippen LogP contribution in [0.15, 0.2) is 18.2 Å². The van der Waals surface area contributed by atoms with Crippen molar-refractivity contribution in [1.82, 2.24) is 4.90 Å². The molecule has 2 N–H and O–H groups in total. The van der Waals surface area contributed by atoms with Crippen LogP contribution in [-0.4, -0.2) is 50.9 Å². The zero-order valence-corrected chi connectivity index (χ0v) is 11.7. The number of rotatable bonds is 6. The smallest absolute Gasteiger partial charge is 0.122 e. The molecule has 1 saturated heterocycles. The SMILES string of the molecule is Cc1ccc(OCCN2CCOCC2)c(CCN)c1. The molecule has 0 bridgehead atoms. The fourth-order valence-corrected chi connectivity index (χ4v) is 2.31. The van der Waals surface area contributed by atoms with Crippen molar-refractivity contribution in [2.45, 2.75) is 13.3 Å². The summed E-state index contributed by atoms with van der Waals surface area (Å²) in [4.78, 5) is 2.38. The van der Waals surface area contributed by atoms with Crippen LogP contribution in [-0.2, 0) is 11.2 Å². The topological polar surface area (TPSA) is 47.7 Å². The molecule has 1 aliphatic heterocycles. The normalized spacial score (nSPS) is 16.5. The van der Waals surface area contributed by atoms with Gasteiger partial charge < -0.3 is 15.2 Å². The number of nitrogens with two attached hydrogens (primary N) is 1. The quantitative estimate of drug-likeness (QED) is 0.839. The lowest BCUT2D eigenvalue weighted by molar-refractivity contribution is 0.0322. The van der Waals surface area contributed by atoms with Crippen molar-refractivity contribution in [3.8, 4) is 5.75 Å². The molecule has 1 aliphatic rings. The molecule has 4 heteroatoms. The predicted octanol–water partition coefficient (Wildman–Crippen LogP) is 1.21. The molecule has 0 unspecified atom stereocenters. The largest absolute Gasteiger partial charge is 0.492 e. The average molecular weight is 264 g/mol. The van der Waals surface area contributed by atoms with Crippen molar-refractivity contribution in [2.75, 3.05) is 46.0 Å². The highest BCUT2D eigenvalue weighted by Gasteiger charge is 2.10. The lowest BCUT2D eigenvalue weighted by Crippen LogP contribution is -2.38. The van der Waals surface area contributed by atoms with E-state index in [0.717, 1.165) is 51.6 Å². The Balaban J connectivity index is 1.84. The maximum Gasteiger partial charge on any atom is 0.122 e. The van der Waals surface area contributed by atoms with Gasteiger partial charge in [0.25, 0.3) is 0 Å². The van der Waals surface area contributed by atoms with E-state index in [1.807, 2.05) is 0 Å². The Hall–Kier alpha value is -1.10. The first kappa shape index (κ1) is 14.3. The highest BCUT2D eigenvalue weighted by Crippen LogP contribution is 2.20. The van der Waals surface area contributed by atoms with E-state index in [1.165, 1.54) is 11.1 Å². The Morgan fingerprint density at radius 3 is 2.84 bits per heavy atom. The van der Waals surface area contributed by atoms with Gasteiger partial charge in [0.15, 0.2) is 0 Å². The molecular formula is C15H24N2O2. The summed E-state index contributed by atoms with van der Waals surface area (Å²) in [6.45, 7) is 8.12. The van der Waals surface area contributed by atoms with Crippen LogP contribution in [0.2, 0.25) is 0 Å². The number of benzene rings is 1. The van der Waals surface area contributed by atoms with Crippen molar-refractivity contribution in [3.63, 3.8) is 0 Å². The number of morpholine rings is 1. The minimum absolute atomic E-state index is 0.656. The highest BCUT2D eigenvalue weighted by molar-refractivity contribution is 5.37. The van der Waals surface area contributed by atoms with Crippen LogP contribution >= 0.6 is 0 Å². The third-order valence-electron chi connectivity index (χ3n) is 3.40. The first-order valence-corrected chi connectivity index (χ1v) is 7.02. The zero-order valence-electron chi connectivity index (χ0n) is 11.7. The summed E-state index contributed by atoms with van der Waals surface area (Å²) in [6.07, 6.45) is 0.870. The minimum atomic E-state index is 0.656. The van der Waals surface area contributed by atoms with E-state index in [2.05, 4.69) is 30.0 Å². The minimum Gasteiger partial charge on any atom is -0.492 e. The van der Waals surface area contributed by atoms with E-state index in [9.17, 15) is 0 Å². The molecule has 2 rings (SSSR count). The number of hydrogen-bond donors (Lipinski definition) is 1. The Morgan fingerprint density at radius 1 is 1.32 bits per heavy atom. The molecule has 1 aromatic rings. The monoisotopic (exact) mass is 264 g/mol. The van der Waals surface area contributed by atoms with Gasteiger partial charge in [0.2, 0.25) is 0 Å². The molecule has 1 heterocycles. The second-order valence-corrected chi connectivity index (χ2v) is 4.95. The van der Waals surface area contributed by atoms with E-state index in [4.69, 9.17) is 15.2 Å². The van der Waals surface area contributed by atoms with Crippen LogP contribution in [0.3, 0.4) is 0 Å². The van der Waals surface area contributed by atoms with E-state index in [-0.39, 0.29) is 0 Å². The summed E-state index contributed by atoms with van der Waals surface area (Å²) in [5.41, 5.74) is 8.11. The molecule has 0 saturated carbocycles. The molecule has 0 atom stereocenters. The van der Waals surface area contributed by atoms with Gasteiger partial charge in [0.05, 0.1) is 13.2 Å². The molecule has 0 spiro atoms. The van der Waals surface area contributed by atoms with Gasteiger partial charge in [-0.05, 0) is 31.5 Å². The Morgan fingerprint density at radius 2 is 2.11 bits per heavy atom. The first-order chi connectivity index (χ1) is 9.29. The predicted molar refractivity (Wildman–Crippen MR) is 76.7 cm³/mol. The van der Waals surface area contributed by atoms with Crippen molar-refractivity contribution >= 4 is 0 Å². The summed E-state index contributed by atoms with van der Waals surface area (Å²) in [5.74, 6) is 0.976. The Kier molecular flexibility index (Phi) is 5.63. The standard InChI is InChI=1S/C15H24N2O2/c1-13-2-3-15(14(12-13)4-5-16)19-11-8-17-6-9-18-10-7-17/h2-3,12H,4-11,16H2,1H3. The molecule has 0 radical (unpaired) electrons. The molecule has 1 fully saturated rings. The molecule has 19 heavy (non-hydrogen) atoms. The zero-order chi connectivity index (χ0) is 13.5. The van der Waals surface area contributed by atoms with Crippen LogP contribution in [0.25, 0.3) is 0 Å². The van der Waals surface area contributed by atoms with Crippen LogP contribution in [0, 0.1) is 6.92 Å². The molecule has 1 aromatic carbocycles. The maximum absolute atomic E-state index is 5.91. The molecule has 106 valence electrons. The summed E-state index contributed by atoms with van der Waals surface area (Å²) in [7, 11) is 0. The van der Waals surface area contributed by atoms with Crippen LogP contribution in [0.5, 0.6) is 5.75 Å². The van der Waals surface area contributed by atoms with Gasteiger partial charge in [-0.1, -0.05) is 17.7 Å². The summed E-state index contributed by atoms with van der Waals surface area (Å²) >= 11 is 0. The van der Waals surface area contributed by atoms with Crippen molar-refractivity contribution in [1.29, 1.82) is 0 Å². The average Bonchev–Trinajstić information content (AvgIpc) is 2.43. The van der Waals surface area contributed by atoms with Gasteiger partial charge in [-0.2, -0.15) is 0 Å². The van der Waals surface area contributed by atoms with E-state index in [1.54, 1.807) is 0 Å². The van der Waals surface area contributed by atoms with Gasteiger partial charge in [-0.3, -0.25) is 4.90 Å². The summed E-state index contributed by atoms with van der Waals surface area (Å²) in [6, 6.07) is 6.31. The first-order valence-electron chi connectivity index (χ1n) is 7.02. The molecule has 0 amide bonds. The second-order valence-electron chi connectivity index (χ2n) is 4.95. The lowest BCUT2D eigenvalue weighted by Gasteiger charge is -2.26. The fraction of sp³-hybridized carbons (Fsp3) is 0.600. The van der Waals surface area contributed by atoms with E-state index in [0.29, 0.717) is 6.54 Å². The number of aryl methyl sites for hydroxylation is 1.